The lowest BCUT2D eigenvalue weighted by atomic mass is 10.2. The van der Waals surface area contributed by atoms with Crippen LogP contribution < -0.4 is 10.1 Å². The normalized spacial score (nSPS) is 10.9. The van der Waals surface area contributed by atoms with Crippen LogP contribution in [0.25, 0.3) is 0 Å². The molecule has 0 aliphatic carbocycles. The minimum atomic E-state index is 0.455. The van der Waals surface area contributed by atoms with Crippen molar-refractivity contribution in [2.24, 2.45) is 0 Å². The SMILES string of the molecule is CCn1cc(Oc2ccccc2CNC(C)C)cn1. The molecule has 0 fully saturated rings. The van der Waals surface area contributed by atoms with E-state index in [1.54, 1.807) is 6.20 Å². The second-order valence-corrected chi connectivity index (χ2v) is 4.78. The van der Waals surface area contributed by atoms with Gasteiger partial charge in [0.2, 0.25) is 0 Å². The summed E-state index contributed by atoms with van der Waals surface area (Å²) < 4.78 is 7.75. The van der Waals surface area contributed by atoms with Gasteiger partial charge >= 0.3 is 0 Å². The van der Waals surface area contributed by atoms with Crippen molar-refractivity contribution < 1.29 is 4.74 Å². The molecule has 0 bridgehead atoms. The van der Waals surface area contributed by atoms with Gasteiger partial charge < -0.3 is 10.1 Å². The second-order valence-electron chi connectivity index (χ2n) is 4.78. The molecule has 0 unspecified atom stereocenters. The van der Waals surface area contributed by atoms with Crippen molar-refractivity contribution in [3.05, 3.63) is 42.2 Å². The number of aryl methyl sites for hydroxylation is 1. The Balaban J connectivity index is 2.10. The van der Waals surface area contributed by atoms with Crippen LogP contribution in [0.15, 0.2) is 36.7 Å². The van der Waals surface area contributed by atoms with Gasteiger partial charge in [-0.15, -0.1) is 0 Å². The van der Waals surface area contributed by atoms with E-state index in [0.29, 0.717) is 6.04 Å². The summed E-state index contributed by atoms with van der Waals surface area (Å²) in [4.78, 5) is 0. The van der Waals surface area contributed by atoms with E-state index in [2.05, 4.69) is 37.3 Å². The largest absolute Gasteiger partial charge is 0.454 e. The summed E-state index contributed by atoms with van der Waals surface area (Å²) in [5, 5.41) is 7.61. The van der Waals surface area contributed by atoms with Crippen LogP contribution in [0, 0.1) is 0 Å². The molecule has 1 aromatic carbocycles. The number of nitrogens with one attached hydrogen (secondary N) is 1. The van der Waals surface area contributed by atoms with Gasteiger partial charge in [-0.1, -0.05) is 32.0 Å². The Kier molecular flexibility index (Phi) is 4.58. The Labute approximate surface area is 114 Å². The molecule has 1 aromatic heterocycles. The van der Waals surface area contributed by atoms with Crippen LogP contribution in [0.2, 0.25) is 0 Å². The molecule has 0 saturated heterocycles. The quantitative estimate of drug-likeness (QED) is 0.866. The average Bonchev–Trinajstić information content (AvgIpc) is 2.85. The highest BCUT2D eigenvalue weighted by Crippen LogP contribution is 2.24. The standard InChI is InChI=1S/C15H21N3O/c1-4-18-11-14(10-17-18)19-15-8-6-5-7-13(15)9-16-12(2)3/h5-8,10-12,16H,4,9H2,1-3H3. The van der Waals surface area contributed by atoms with Crippen LogP contribution in [-0.2, 0) is 13.1 Å². The Bertz CT molecular complexity index is 520. The molecule has 0 spiro atoms. The summed E-state index contributed by atoms with van der Waals surface area (Å²) in [6.07, 6.45) is 3.66. The number of benzene rings is 1. The minimum absolute atomic E-state index is 0.455. The van der Waals surface area contributed by atoms with Crippen molar-refractivity contribution in [1.29, 1.82) is 0 Å². The maximum atomic E-state index is 5.90. The van der Waals surface area contributed by atoms with Gasteiger partial charge in [0.25, 0.3) is 0 Å². The van der Waals surface area contributed by atoms with Crippen molar-refractivity contribution in [1.82, 2.24) is 15.1 Å². The van der Waals surface area contributed by atoms with E-state index in [1.165, 1.54) is 0 Å². The summed E-state index contributed by atoms with van der Waals surface area (Å²) in [6, 6.07) is 8.53. The number of ether oxygens (including phenoxy) is 1. The van der Waals surface area contributed by atoms with Crippen LogP contribution in [-0.4, -0.2) is 15.8 Å². The monoisotopic (exact) mass is 259 g/mol. The molecule has 4 nitrogen and oxygen atoms in total. The molecular weight excluding hydrogens is 238 g/mol. The molecule has 2 rings (SSSR count). The topological polar surface area (TPSA) is 39.1 Å². The highest BCUT2D eigenvalue weighted by Gasteiger charge is 2.06. The number of nitrogens with zero attached hydrogens (tertiary/aromatic N) is 2. The minimum Gasteiger partial charge on any atom is -0.454 e. The Morgan fingerprint density at radius 3 is 2.79 bits per heavy atom. The van der Waals surface area contributed by atoms with E-state index in [-0.39, 0.29) is 0 Å². The summed E-state index contributed by atoms with van der Waals surface area (Å²) in [7, 11) is 0. The molecule has 0 atom stereocenters. The molecular formula is C15H21N3O. The molecule has 0 saturated carbocycles. The van der Waals surface area contributed by atoms with E-state index >= 15 is 0 Å². The van der Waals surface area contributed by atoms with Crippen LogP contribution in [0.4, 0.5) is 0 Å². The number of para-hydroxylation sites is 1. The van der Waals surface area contributed by atoms with E-state index in [0.717, 1.165) is 30.2 Å². The number of hydrogen-bond donors (Lipinski definition) is 1. The molecule has 0 radical (unpaired) electrons. The molecule has 0 amide bonds. The van der Waals surface area contributed by atoms with Crippen molar-refractivity contribution in [3.8, 4) is 11.5 Å². The fraction of sp³-hybridized carbons (Fsp3) is 0.400. The molecule has 1 heterocycles. The van der Waals surface area contributed by atoms with Crippen LogP contribution >= 0.6 is 0 Å². The third kappa shape index (κ3) is 3.83. The highest BCUT2D eigenvalue weighted by molar-refractivity contribution is 5.36. The first-order valence-electron chi connectivity index (χ1n) is 6.70. The predicted molar refractivity (Wildman–Crippen MR) is 76.4 cm³/mol. The zero-order valence-electron chi connectivity index (χ0n) is 11.8. The van der Waals surface area contributed by atoms with Gasteiger partial charge in [0, 0.05) is 24.7 Å². The van der Waals surface area contributed by atoms with Crippen molar-refractivity contribution in [2.45, 2.75) is 39.9 Å². The Morgan fingerprint density at radius 2 is 2.11 bits per heavy atom. The van der Waals surface area contributed by atoms with E-state index in [9.17, 15) is 0 Å². The number of hydrogen-bond acceptors (Lipinski definition) is 3. The third-order valence-corrected chi connectivity index (χ3v) is 2.83. The maximum absolute atomic E-state index is 5.90. The fourth-order valence-electron chi connectivity index (χ4n) is 1.76. The summed E-state index contributed by atoms with van der Waals surface area (Å²) >= 11 is 0. The maximum Gasteiger partial charge on any atom is 0.165 e. The van der Waals surface area contributed by atoms with E-state index < -0.39 is 0 Å². The summed E-state index contributed by atoms with van der Waals surface area (Å²) in [6.45, 7) is 7.97. The van der Waals surface area contributed by atoms with Crippen LogP contribution in [0.1, 0.15) is 26.3 Å². The van der Waals surface area contributed by atoms with Gasteiger partial charge in [0.1, 0.15) is 5.75 Å². The van der Waals surface area contributed by atoms with Crippen molar-refractivity contribution in [2.75, 3.05) is 0 Å². The fourth-order valence-corrected chi connectivity index (χ4v) is 1.76. The zero-order valence-corrected chi connectivity index (χ0v) is 11.8. The molecule has 102 valence electrons. The highest BCUT2D eigenvalue weighted by atomic mass is 16.5. The lowest BCUT2D eigenvalue weighted by Gasteiger charge is -2.12. The van der Waals surface area contributed by atoms with E-state index in [4.69, 9.17) is 4.74 Å². The van der Waals surface area contributed by atoms with Crippen LogP contribution in [0.5, 0.6) is 11.5 Å². The smallest absolute Gasteiger partial charge is 0.165 e. The van der Waals surface area contributed by atoms with Gasteiger partial charge in [0.05, 0.1) is 12.4 Å². The summed E-state index contributed by atoms with van der Waals surface area (Å²) in [5.74, 6) is 1.66. The number of aromatic nitrogens is 2. The van der Waals surface area contributed by atoms with Gasteiger partial charge in [-0.2, -0.15) is 5.10 Å². The van der Waals surface area contributed by atoms with Gasteiger partial charge in [-0.05, 0) is 13.0 Å². The Morgan fingerprint density at radius 1 is 1.32 bits per heavy atom. The molecule has 2 aromatic rings. The zero-order chi connectivity index (χ0) is 13.7. The van der Waals surface area contributed by atoms with Crippen molar-refractivity contribution in [3.63, 3.8) is 0 Å². The second kappa shape index (κ2) is 6.38. The summed E-state index contributed by atoms with van der Waals surface area (Å²) in [5.41, 5.74) is 1.15. The third-order valence-electron chi connectivity index (χ3n) is 2.83. The lowest BCUT2D eigenvalue weighted by molar-refractivity contribution is 0.468. The lowest BCUT2D eigenvalue weighted by Crippen LogP contribution is -2.22. The van der Waals surface area contributed by atoms with Crippen LogP contribution in [0.3, 0.4) is 0 Å². The first kappa shape index (κ1) is 13.6. The van der Waals surface area contributed by atoms with Gasteiger partial charge in [-0.25, -0.2) is 0 Å². The average molecular weight is 259 g/mol. The predicted octanol–water partition coefficient (Wildman–Crippen LogP) is 3.19. The first-order chi connectivity index (χ1) is 9.19. The molecule has 0 aliphatic rings. The molecule has 19 heavy (non-hydrogen) atoms. The van der Waals surface area contributed by atoms with Gasteiger partial charge in [0.15, 0.2) is 5.75 Å². The van der Waals surface area contributed by atoms with Gasteiger partial charge in [-0.3, -0.25) is 4.68 Å². The molecule has 0 aliphatic heterocycles. The number of rotatable bonds is 6. The first-order valence-corrected chi connectivity index (χ1v) is 6.70. The molecule has 1 N–H and O–H groups in total. The Hall–Kier alpha value is -1.81. The van der Waals surface area contributed by atoms with E-state index in [1.807, 2.05) is 29.1 Å². The molecule has 4 heteroatoms. The van der Waals surface area contributed by atoms with Crippen molar-refractivity contribution >= 4 is 0 Å².